The smallest absolute Gasteiger partial charge is 0.231 e. The number of nitrogens with one attached hydrogen (secondary N) is 1. The summed E-state index contributed by atoms with van der Waals surface area (Å²) in [5.74, 6) is 0.920. The maximum atomic E-state index is 11.6. The number of H-pyrrole nitrogens is 1. The van der Waals surface area contributed by atoms with Gasteiger partial charge in [-0.05, 0) is 36.2 Å². The van der Waals surface area contributed by atoms with Crippen LogP contribution in [0.2, 0.25) is 0 Å². The molecule has 2 aromatic carbocycles. The van der Waals surface area contributed by atoms with Crippen LogP contribution in [-0.2, 0) is 0 Å². The standard InChI is InChI=1S/C19H18N2O4/c1-11-18(14-5-3-4-6-15(14)20-11)19(12(2)21(22)23)13-7-8-16-17(9-13)25-10-24-16/h3-9,12,19-20H,10H2,1-2H3. The van der Waals surface area contributed by atoms with Crippen LogP contribution in [-0.4, -0.2) is 22.7 Å². The number of aryl methyl sites for hydroxylation is 1. The summed E-state index contributed by atoms with van der Waals surface area (Å²) in [6.07, 6.45) is 0. The lowest BCUT2D eigenvalue weighted by Crippen LogP contribution is -2.25. The Morgan fingerprint density at radius 2 is 1.92 bits per heavy atom. The molecule has 2 unspecified atom stereocenters. The lowest BCUT2D eigenvalue weighted by atomic mass is 9.84. The van der Waals surface area contributed by atoms with Crippen molar-refractivity contribution in [2.75, 3.05) is 6.79 Å². The van der Waals surface area contributed by atoms with Gasteiger partial charge in [0.2, 0.25) is 12.8 Å². The summed E-state index contributed by atoms with van der Waals surface area (Å²) >= 11 is 0. The molecule has 25 heavy (non-hydrogen) atoms. The second-order valence-corrected chi connectivity index (χ2v) is 6.33. The third kappa shape index (κ3) is 2.50. The fraction of sp³-hybridized carbons (Fsp3) is 0.263. The van der Waals surface area contributed by atoms with Crippen molar-refractivity contribution in [3.63, 3.8) is 0 Å². The van der Waals surface area contributed by atoms with Gasteiger partial charge in [0, 0.05) is 28.4 Å². The molecule has 0 spiro atoms. The number of hydrogen-bond acceptors (Lipinski definition) is 4. The molecular weight excluding hydrogens is 320 g/mol. The zero-order chi connectivity index (χ0) is 17.6. The number of ether oxygens (including phenoxy) is 2. The monoisotopic (exact) mass is 338 g/mol. The normalized spacial score (nSPS) is 15.3. The zero-order valence-corrected chi connectivity index (χ0v) is 14.0. The molecule has 0 saturated carbocycles. The van der Waals surface area contributed by atoms with Gasteiger partial charge in [0.05, 0.1) is 5.92 Å². The Morgan fingerprint density at radius 3 is 2.72 bits per heavy atom. The third-order valence-electron chi connectivity index (χ3n) is 4.83. The highest BCUT2D eigenvalue weighted by Crippen LogP contribution is 2.41. The fourth-order valence-corrected chi connectivity index (χ4v) is 3.61. The number of benzene rings is 2. The van der Waals surface area contributed by atoms with E-state index in [-0.39, 0.29) is 17.6 Å². The number of para-hydroxylation sites is 1. The van der Waals surface area contributed by atoms with Crippen LogP contribution in [0.15, 0.2) is 42.5 Å². The van der Waals surface area contributed by atoms with Crippen LogP contribution in [0.25, 0.3) is 10.9 Å². The van der Waals surface area contributed by atoms with E-state index in [1.165, 1.54) is 0 Å². The third-order valence-corrected chi connectivity index (χ3v) is 4.83. The highest BCUT2D eigenvalue weighted by Gasteiger charge is 2.34. The predicted molar refractivity (Wildman–Crippen MR) is 93.9 cm³/mol. The molecule has 0 aliphatic carbocycles. The first kappa shape index (κ1) is 15.5. The maximum Gasteiger partial charge on any atom is 0.231 e. The number of nitro groups is 1. The van der Waals surface area contributed by atoms with Crippen molar-refractivity contribution in [3.05, 3.63) is 69.4 Å². The molecule has 1 aliphatic rings. The molecule has 128 valence electrons. The predicted octanol–water partition coefficient (Wildman–Crippen LogP) is 4.00. The Bertz CT molecular complexity index is 963. The van der Waals surface area contributed by atoms with E-state index in [1.54, 1.807) is 6.92 Å². The summed E-state index contributed by atoms with van der Waals surface area (Å²) in [6, 6.07) is 12.7. The van der Waals surface area contributed by atoms with Gasteiger partial charge < -0.3 is 14.5 Å². The van der Waals surface area contributed by atoms with Crippen LogP contribution in [0.4, 0.5) is 0 Å². The molecule has 2 heterocycles. The average molecular weight is 338 g/mol. The average Bonchev–Trinajstić information content (AvgIpc) is 3.19. The van der Waals surface area contributed by atoms with E-state index in [4.69, 9.17) is 9.47 Å². The van der Waals surface area contributed by atoms with Crippen LogP contribution < -0.4 is 9.47 Å². The highest BCUT2D eigenvalue weighted by molar-refractivity contribution is 5.85. The Kier molecular flexibility index (Phi) is 3.60. The van der Waals surface area contributed by atoms with E-state index in [0.29, 0.717) is 11.5 Å². The first-order chi connectivity index (χ1) is 12.1. The molecule has 1 N–H and O–H groups in total. The SMILES string of the molecule is Cc1[nH]c2ccccc2c1C(c1ccc2c(c1)OCO2)C(C)[N+](=O)[O-]. The van der Waals surface area contributed by atoms with Gasteiger partial charge in [0.1, 0.15) is 0 Å². The van der Waals surface area contributed by atoms with Crippen LogP contribution in [0.1, 0.15) is 29.7 Å². The molecule has 2 atom stereocenters. The first-order valence-corrected chi connectivity index (χ1v) is 8.16. The van der Waals surface area contributed by atoms with Gasteiger partial charge in [-0.25, -0.2) is 0 Å². The minimum Gasteiger partial charge on any atom is -0.454 e. The van der Waals surface area contributed by atoms with E-state index in [2.05, 4.69) is 4.98 Å². The number of rotatable bonds is 4. The molecule has 3 aromatic rings. The van der Waals surface area contributed by atoms with Crippen molar-refractivity contribution in [2.45, 2.75) is 25.8 Å². The second kappa shape index (κ2) is 5.81. The maximum absolute atomic E-state index is 11.6. The molecule has 6 nitrogen and oxygen atoms in total. The van der Waals surface area contributed by atoms with E-state index in [0.717, 1.165) is 27.7 Å². The molecule has 0 saturated heterocycles. The molecule has 0 amide bonds. The quantitative estimate of drug-likeness (QED) is 0.576. The number of nitrogens with zero attached hydrogens (tertiary/aromatic N) is 1. The van der Waals surface area contributed by atoms with Gasteiger partial charge >= 0.3 is 0 Å². The van der Waals surface area contributed by atoms with Gasteiger partial charge in [-0.2, -0.15) is 0 Å². The number of aromatic amines is 1. The van der Waals surface area contributed by atoms with Gasteiger partial charge in [-0.1, -0.05) is 24.3 Å². The van der Waals surface area contributed by atoms with Crippen LogP contribution >= 0.6 is 0 Å². The molecule has 0 fully saturated rings. The molecule has 0 bridgehead atoms. The number of hydrogen-bond donors (Lipinski definition) is 1. The Balaban J connectivity index is 1.92. The Hall–Kier alpha value is -3.02. The summed E-state index contributed by atoms with van der Waals surface area (Å²) in [5.41, 5.74) is 3.73. The van der Waals surface area contributed by atoms with E-state index >= 15 is 0 Å². The Morgan fingerprint density at radius 1 is 1.16 bits per heavy atom. The van der Waals surface area contributed by atoms with Crippen molar-refractivity contribution >= 4 is 10.9 Å². The summed E-state index contributed by atoms with van der Waals surface area (Å²) < 4.78 is 10.8. The molecular formula is C19H18N2O4. The van der Waals surface area contributed by atoms with Crippen LogP contribution in [0.5, 0.6) is 11.5 Å². The van der Waals surface area contributed by atoms with Crippen molar-refractivity contribution in [2.24, 2.45) is 0 Å². The van der Waals surface area contributed by atoms with E-state index in [9.17, 15) is 10.1 Å². The number of fused-ring (bicyclic) bond motifs is 2. The van der Waals surface area contributed by atoms with Gasteiger partial charge in [-0.15, -0.1) is 0 Å². The van der Waals surface area contributed by atoms with Gasteiger partial charge in [0.25, 0.3) is 0 Å². The molecule has 1 aromatic heterocycles. The zero-order valence-electron chi connectivity index (χ0n) is 14.0. The van der Waals surface area contributed by atoms with Crippen molar-refractivity contribution < 1.29 is 14.4 Å². The van der Waals surface area contributed by atoms with E-state index < -0.39 is 6.04 Å². The molecule has 4 rings (SSSR count). The summed E-state index contributed by atoms with van der Waals surface area (Å²) in [4.78, 5) is 14.7. The topological polar surface area (TPSA) is 77.4 Å². The van der Waals surface area contributed by atoms with Crippen molar-refractivity contribution in [3.8, 4) is 11.5 Å². The lowest BCUT2D eigenvalue weighted by molar-refractivity contribution is -0.520. The highest BCUT2D eigenvalue weighted by atomic mass is 16.7. The fourth-order valence-electron chi connectivity index (χ4n) is 3.61. The van der Waals surface area contributed by atoms with Crippen molar-refractivity contribution in [1.82, 2.24) is 4.98 Å². The molecule has 1 aliphatic heterocycles. The van der Waals surface area contributed by atoms with Crippen molar-refractivity contribution in [1.29, 1.82) is 0 Å². The van der Waals surface area contributed by atoms with Crippen LogP contribution in [0.3, 0.4) is 0 Å². The Labute approximate surface area is 144 Å². The largest absolute Gasteiger partial charge is 0.454 e. The first-order valence-electron chi connectivity index (χ1n) is 8.16. The lowest BCUT2D eigenvalue weighted by Gasteiger charge is -2.20. The van der Waals surface area contributed by atoms with Gasteiger partial charge in [0.15, 0.2) is 11.5 Å². The second-order valence-electron chi connectivity index (χ2n) is 6.33. The minimum atomic E-state index is -0.779. The number of aromatic nitrogens is 1. The van der Waals surface area contributed by atoms with E-state index in [1.807, 2.05) is 49.4 Å². The van der Waals surface area contributed by atoms with Crippen LogP contribution in [0, 0.1) is 17.0 Å². The minimum absolute atomic E-state index is 0.181. The molecule has 0 radical (unpaired) electrons. The van der Waals surface area contributed by atoms with Gasteiger partial charge in [-0.3, -0.25) is 10.1 Å². The summed E-state index contributed by atoms with van der Waals surface area (Å²) in [6.45, 7) is 3.79. The summed E-state index contributed by atoms with van der Waals surface area (Å²) in [5, 5.41) is 12.6. The summed E-state index contributed by atoms with van der Waals surface area (Å²) in [7, 11) is 0. The molecule has 6 heteroatoms.